The molecule has 1 heterocycles. The van der Waals surface area contributed by atoms with Crippen molar-refractivity contribution in [2.45, 2.75) is 33.8 Å². The first kappa shape index (κ1) is 13.0. The standard InChI is InChI=1S/C13H22N2O/c1-10-7-6-8-12(15-10)14-9-11(16-5)13(2,3)4/h6-8,11H,9H2,1-5H3,(H,14,15). The van der Waals surface area contributed by atoms with Crippen LogP contribution >= 0.6 is 0 Å². The minimum absolute atomic E-state index is 0.131. The number of pyridine rings is 1. The minimum Gasteiger partial charge on any atom is -0.379 e. The van der Waals surface area contributed by atoms with Crippen LogP contribution in [0.5, 0.6) is 0 Å². The molecule has 90 valence electrons. The van der Waals surface area contributed by atoms with Crippen molar-refractivity contribution < 1.29 is 4.74 Å². The number of anilines is 1. The molecule has 16 heavy (non-hydrogen) atoms. The second-order valence-corrected chi connectivity index (χ2v) is 5.14. The molecule has 0 aliphatic rings. The predicted octanol–water partition coefficient (Wildman–Crippen LogP) is 2.86. The van der Waals surface area contributed by atoms with Crippen molar-refractivity contribution in [1.82, 2.24) is 4.98 Å². The van der Waals surface area contributed by atoms with Crippen LogP contribution in [0.25, 0.3) is 0 Å². The zero-order valence-electron chi connectivity index (χ0n) is 10.9. The number of hydrogen-bond donors (Lipinski definition) is 1. The third-order valence-electron chi connectivity index (χ3n) is 2.61. The molecular weight excluding hydrogens is 200 g/mol. The van der Waals surface area contributed by atoms with Crippen molar-refractivity contribution in [3.63, 3.8) is 0 Å². The fourth-order valence-electron chi connectivity index (χ4n) is 1.58. The first-order valence-electron chi connectivity index (χ1n) is 5.64. The van der Waals surface area contributed by atoms with E-state index in [2.05, 4.69) is 31.1 Å². The van der Waals surface area contributed by atoms with Gasteiger partial charge >= 0.3 is 0 Å². The van der Waals surface area contributed by atoms with E-state index < -0.39 is 0 Å². The molecule has 1 aromatic heterocycles. The Labute approximate surface area is 98.2 Å². The van der Waals surface area contributed by atoms with Crippen molar-refractivity contribution in [2.75, 3.05) is 19.0 Å². The van der Waals surface area contributed by atoms with Crippen molar-refractivity contribution in [1.29, 1.82) is 0 Å². The van der Waals surface area contributed by atoms with E-state index in [-0.39, 0.29) is 11.5 Å². The Morgan fingerprint density at radius 2 is 2.06 bits per heavy atom. The summed E-state index contributed by atoms with van der Waals surface area (Å²) < 4.78 is 5.48. The molecule has 0 saturated heterocycles. The molecule has 3 nitrogen and oxygen atoms in total. The number of ether oxygens (including phenoxy) is 1. The Bertz CT molecular complexity index is 331. The lowest BCUT2D eigenvalue weighted by molar-refractivity contribution is 0.0268. The Morgan fingerprint density at radius 1 is 1.38 bits per heavy atom. The van der Waals surface area contributed by atoms with Crippen LogP contribution in [0.3, 0.4) is 0 Å². The molecule has 1 rings (SSSR count). The maximum absolute atomic E-state index is 5.48. The van der Waals surface area contributed by atoms with Gasteiger partial charge in [-0.05, 0) is 24.5 Å². The number of aromatic nitrogens is 1. The molecule has 0 aromatic carbocycles. The monoisotopic (exact) mass is 222 g/mol. The molecule has 0 aliphatic carbocycles. The van der Waals surface area contributed by atoms with Gasteiger partial charge in [0.2, 0.25) is 0 Å². The zero-order valence-corrected chi connectivity index (χ0v) is 10.9. The van der Waals surface area contributed by atoms with Crippen LogP contribution in [0.1, 0.15) is 26.5 Å². The molecule has 0 amide bonds. The Balaban J connectivity index is 2.56. The Hall–Kier alpha value is -1.09. The number of hydrogen-bond acceptors (Lipinski definition) is 3. The lowest BCUT2D eigenvalue weighted by Crippen LogP contribution is -2.35. The Kier molecular flexibility index (Phi) is 4.30. The molecule has 1 N–H and O–H groups in total. The highest BCUT2D eigenvalue weighted by atomic mass is 16.5. The maximum Gasteiger partial charge on any atom is 0.126 e. The number of nitrogens with one attached hydrogen (secondary N) is 1. The SMILES string of the molecule is COC(CNc1cccc(C)n1)C(C)(C)C. The van der Waals surface area contributed by atoms with Crippen molar-refractivity contribution in [3.05, 3.63) is 23.9 Å². The van der Waals surface area contributed by atoms with Crippen molar-refractivity contribution >= 4 is 5.82 Å². The van der Waals surface area contributed by atoms with Gasteiger partial charge < -0.3 is 10.1 Å². The fraction of sp³-hybridized carbons (Fsp3) is 0.615. The van der Waals surface area contributed by atoms with Crippen LogP contribution < -0.4 is 5.32 Å². The average Bonchev–Trinajstić information content (AvgIpc) is 2.16. The van der Waals surface area contributed by atoms with Gasteiger partial charge in [0.05, 0.1) is 6.10 Å². The number of rotatable bonds is 4. The molecule has 1 atom stereocenters. The molecule has 1 unspecified atom stereocenters. The predicted molar refractivity (Wildman–Crippen MR) is 67.7 cm³/mol. The number of nitrogens with zero attached hydrogens (tertiary/aromatic N) is 1. The van der Waals surface area contributed by atoms with E-state index in [0.29, 0.717) is 0 Å². The molecule has 0 spiro atoms. The molecule has 3 heteroatoms. The molecule has 0 radical (unpaired) electrons. The number of methoxy groups -OCH3 is 1. The van der Waals surface area contributed by atoms with E-state index in [1.165, 1.54) is 0 Å². The summed E-state index contributed by atoms with van der Waals surface area (Å²) in [6, 6.07) is 5.97. The lowest BCUT2D eigenvalue weighted by atomic mass is 9.89. The molecule has 1 aromatic rings. The van der Waals surface area contributed by atoms with Gasteiger partial charge in [0.15, 0.2) is 0 Å². The van der Waals surface area contributed by atoms with Gasteiger partial charge in [-0.25, -0.2) is 4.98 Å². The van der Waals surface area contributed by atoms with E-state index in [9.17, 15) is 0 Å². The highest BCUT2D eigenvalue weighted by Gasteiger charge is 2.23. The zero-order chi connectivity index (χ0) is 12.2. The summed E-state index contributed by atoms with van der Waals surface area (Å²) >= 11 is 0. The average molecular weight is 222 g/mol. The van der Waals surface area contributed by atoms with Crippen LogP contribution in [0, 0.1) is 12.3 Å². The quantitative estimate of drug-likeness (QED) is 0.850. The van der Waals surface area contributed by atoms with Crippen LogP contribution in [0.4, 0.5) is 5.82 Å². The summed E-state index contributed by atoms with van der Waals surface area (Å²) in [4.78, 5) is 4.39. The highest BCUT2D eigenvalue weighted by molar-refractivity contribution is 5.35. The summed E-state index contributed by atoms with van der Waals surface area (Å²) in [6.45, 7) is 9.28. The summed E-state index contributed by atoms with van der Waals surface area (Å²) in [6.07, 6.45) is 0.176. The molecule has 0 saturated carbocycles. The maximum atomic E-state index is 5.48. The van der Waals surface area contributed by atoms with Gasteiger partial charge in [0.1, 0.15) is 5.82 Å². The normalized spacial score (nSPS) is 13.6. The van der Waals surface area contributed by atoms with E-state index in [4.69, 9.17) is 4.74 Å². The summed E-state index contributed by atoms with van der Waals surface area (Å²) in [5, 5.41) is 3.31. The van der Waals surface area contributed by atoms with Crippen LogP contribution in [-0.4, -0.2) is 24.7 Å². The van der Waals surface area contributed by atoms with Gasteiger partial charge in [-0.3, -0.25) is 0 Å². The summed E-state index contributed by atoms with van der Waals surface area (Å²) in [5.41, 5.74) is 1.15. The van der Waals surface area contributed by atoms with Gasteiger partial charge in [0.25, 0.3) is 0 Å². The van der Waals surface area contributed by atoms with Crippen molar-refractivity contribution in [2.24, 2.45) is 5.41 Å². The third kappa shape index (κ3) is 3.81. The smallest absolute Gasteiger partial charge is 0.126 e. The van der Waals surface area contributed by atoms with Gasteiger partial charge in [-0.15, -0.1) is 0 Å². The van der Waals surface area contributed by atoms with Crippen LogP contribution in [0.15, 0.2) is 18.2 Å². The van der Waals surface area contributed by atoms with Crippen LogP contribution in [0.2, 0.25) is 0 Å². The molecular formula is C13H22N2O. The molecule has 0 bridgehead atoms. The molecule has 0 aliphatic heterocycles. The number of aryl methyl sites for hydroxylation is 1. The highest BCUT2D eigenvalue weighted by Crippen LogP contribution is 2.21. The first-order valence-corrected chi connectivity index (χ1v) is 5.64. The minimum atomic E-state index is 0.131. The van der Waals surface area contributed by atoms with Gasteiger partial charge in [0, 0.05) is 19.3 Å². The Morgan fingerprint density at radius 3 is 2.56 bits per heavy atom. The third-order valence-corrected chi connectivity index (χ3v) is 2.61. The topological polar surface area (TPSA) is 34.1 Å². The second-order valence-electron chi connectivity index (χ2n) is 5.14. The van der Waals surface area contributed by atoms with E-state index in [1.807, 2.05) is 25.1 Å². The van der Waals surface area contributed by atoms with Crippen molar-refractivity contribution in [3.8, 4) is 0 Å². The molecule has 0 fully saturated rings. The van der Waals surface area contributed by atoms with E-state index >= 15 is 0 Å². The summed E-state index contributed by atoms with van der Waals surface area (Å²) in [5.74, 6) is 0.909. The fourth-order valence-corrected chi connectivity index (χ4v) is 1.58. The van der Waals surface area contributed by atoms with E-state index in [1.54, 1.807) is 7.11 Å². The van der Waals surface area contributed by atoms with E-state index in [0.717, 1.165) is 18.1 Å². The lowest BCUT2D eigenvalue weighted by Gasteiger charge is -2.29. The second kappa shape index (κ2) is 5.30. The first-order chi connectivity index (χ1) is 7.43. The van der Waals surface area contributed by atoms with Gasteiger partial charge in [-0.2, -0.15) is 0 Å². The largest absolute Gasteiger partial charge is 0.379 e. The summed E-state index contributed by atoms with van der Waals surface area (Å²) in [7, 11) is 1.75. The van der Waals surface area contributed by atoms with Crippen LogP contribution in [-0.2, 0) is 4.74 Å². The van der Waals surface area contributed by atoms with Gasteiger partial charge in [-0.1, -0.05) is 26.8 Å².